The molecule has 1 aromatic carbocycles. The molecule has 0 heterocycles. The van der Waals surface area contributed by atoms with E-state index < -0.39 is 0 Å². The maximum absolute atomic E-state index is 5.87. The van der Waals surface area contributed by atoms with Gasteiger partial charge in [0.2, 0.25) is 0 Å². The van der Waals surface area contributed by atoms with Gasteiger partial charge in [0.1, 0.15) is 0 Å². The van der Waals surface area contributed by atoms with Crippen molar-refractivity contribution in [1.82, 2.24) is 4.90 Å². The molecule has 0 aliphatic carbocycles. The number of rotatable bonds is 6. The lowest BCUT2D eigenvalue weighted by Crippen LogP contribution is -2.20. The van der Waals surface area contributed by atoms with Crippen LogP contribution < -0.4 is 0 Å². The van der Waals surface area contributed by atoms with Crippen LogP contribution in [0.1, 0.15) is 49.8 Å². The molecule has 0 aliphatic heterocycles. The molecule has 1 aromatic rings. The predicted molar refractivity (Wildman–Crippen MR) is 76.9 cm³/mol. The average Bonchev–Trinajstić information content (AvgIpc) is 2.35. The lowest BCUT2D eigenvalue weighted by atomic mass is 9.95. The largest absolute Gasteiger partial charge is 0.302 e. The molecule has 0 radical (unpaired) electrons. The zero-order valence-corrected chi connectivity index (χ0v) is 12.2. The Kier molecular flexibility index (Phi) is 6.01. The Hall–Kier alpha value is -0.530. The van der Waals surface area contributed by atoms with Crippen LogP contribution in [0.4, 0.5) is 0 Å². The highest BCUT2D eigenvalue weighted by Gasteiger charge is 2.13. The van der Waals surface area contributed by atoms with E-state index in [-0.39, 0.29) is 0 Å². The molecule has 2 heteroatoms. The summed E-state index contributed by atoms with van der Waals surface area (Å²) >= 11 is 5.87. The number of alkyl halides is 1. The smallest absolute Gasteiger partial charge is 0.0353 e. The highest BCUT2D eigenvalue weighted by molar-refractivity contribution is 6.17. The van der Waals surface area contributed by atoms with Crippen molar-refractivity contribution in [2.75, 3.05) is 20.0 Å². The minimum Gasteiger partial charge on any atom is -0.302 e. The maximum Gasteiger partial charge on any atom is 0.0353 e. The van der Waals surface area contributed by atoms with E-state index in [1.807, 2.05) is 0 Å². The fourth-order valence-electron chi connectivity index (χ4n) is 2.11. The van der Waals surface area contributed by atoms with Crippen molar-refractivity contribution in [3.8, 4) is 0 Å². The molecule has 0 spiro atoms. The van der Waals surface area contributed by atoms with Crippen LogP contribution in [0, 0.1) is 0 Å². The third kappa shape index (κ3) is 4.01. The molecule has 0 amide bonds. The maximum atomic E-state index is 5.87. The molecule has 1 rings (SSSR count). The van der Waals surface area contributed by atoms with Gasteiger partial charge in [-0.05, 0) is 44.0 Å². The van der Waals surface area contributed by atoms with E-state index in [2.05, 4.69) is 57.1 Å². The number of hydrogen-bond acceptors (Lipinski definition) is 1. The summed E-state index contributed by atoms with van der Waals surface area (Å²) in [5, 5.41) is 0. The van der Waals surface area contributed by atoms with Gasteiger partial charge < -0.3 is 4.90 Å². The van der Waals surface area contributed by atoms with E-state index >= 15 is 0 Å². The van der Waals surface area contributed by atoms with Gasteiger partial charge >= 0.3 is 0 Å². The summed E-state index contributed by atoms with van der Waals surface area (Å²) in [7, 11) is 4.22. The Balaban J connectivity index is 2.84. The molecule has 2 atom stereocenters. The molecular formula is C15H24ClN. The van der Waals surface area contributed by atoms with Crippen molar-refractivity contribution >= 4 is 11.6 Å². The van der Waals surface area contributed by atoms with E-state index in [1.54, 1.807) is 0 Å². The first-order valence-electron chi connectivity index (χ1n) is 6.42. The summed E-state index contributed by atoms with van der Waals surface area (Å²) in [6.07, 6.45) is 2.19. The molecule has 2 unspecified atom stereocenters. The van der Waals surface area contributed by atoms with Crippen LogP contribution >= 0.6 is 11.6 Å². The lowest BCUT2D eigenvalue weighted by molar-refractivity contribution is 0.293. The summed E-state index contributed by atoms with van der Waals surface area (Å²) in [6, 6.07) is 9.44. The summed E-state index contributed by atoms with van der Waals surface area (Å²) in [4.78, 5) is 2.24. The quantitative estimate of drug-likeness (QED) is 0.678. The molecule has 0 saturated carbocycles. The van der Waals surface area contributed by atoms with Crippen molar-refractivity contribution in [2.24, 2.45) is 0 Å². The third-order valence-corrected chi connectivity index (χ3v) is 3.73. The molecule has 1 nitrogen and oxygen atoms in total. The van der Waals surface area contributed by atoms with Gasteiger partial charge in [0, 0.05) is 11.9 Å². The van der Waals surface area contributed by atoms with E-state index in [0.29, 0.717) is 17.8 Å². The minimum absolute atomic E-state index is 0.429. The van der Waals surface area contributed by atoms with Crippen LogP contribution in [-0.2, 0) is 0 Å². The summed E-state index contributed by atoms with van der Waals surface area (Å²) in [5.74, 6) is 1.35. The summed E-state index contributed by atoms with van der Waals surface area (Å²) in [5.41, 5.74) is 2.79. The van der Waals surface area contributed by atoms with Gasteiger partial charge in [-0.3, -0.25) is 0 Å². The Bertz CT molecular complexity index is 318. The Labute approximate surface area is 111 Å². The van der Waals surface area contributed by atoms with Crippen LogP contribution in [0.2, 0.25) is 0 Å². The van der Waals surface area contributed by atoms with Crippen LogP contribution in [0.3, 0.4) is 0 Å². The Morgan fingerprint density at radius 3 is 2.06 bits per heavy atom. The second-order valence-electron chi connectivity index (χ2n) is 4.93. The SMILES string of the molecule is CCC(C)c1ccc(C(CCCl)N(C)C)cc1. The fraction of sp³-hybridized carbons (Fsp3) is 0.600. The lowest BCUT2D eigenvalue weighted by Gasteiger charge is -2.24. The van der Waals surface area contributed by atoms with Gasteiger partial charge in [0.25, 0.3) is 0 Å². The number of benzene rings is 1. The number of nitrogens with zero attached hydrogens (tertiary/aromatic N) is 1. The minimum atomic E-state index is 0.429. The second-order valence-corrected chi connectivity index (χ2v) is 5.31. The van der Waals surface area contributed by atoms with Gasteiger partial charge in [-0.25, -0.2) is 0 Å². The molecule has 0 fully saturated rings. The fourth-order valence-corrected chi connectivity index (χ4v) is 2.32. The number of halogens is 1. The van der Waals surface area contributed by atoms with Crippen LogP contribution in [0.5, 0.6) is 0 Å². The standard InChI is InChI=1S/C15H24ClN/c1-5-12(2)13-6-8-14(9-7-13)15(10-11-16)17(3)4/h6-9,12,15H,5,10-11H2,1-4H3. The molecule has 96 valence electrons. The zero-order chi connectivity index (χ0) is 12.8. The van der Waals surface area contributed by atoms with Crippen LogP contribution in [-0.4, -0.2) is 24.9 Å². The highest BCUT2D eigenvalue weighted by Crippen LogP contribution is 2.25. The highest BCUT2D eigenvalue weighted by atomic mass is 35.5. The molecule has 0 bridgehead atoms. The zero-order valence-electron chi connectivity index (χ0n) is 11.4. The normalized spacial score (nSPS) is 14.9. The average molecular weight is 254 g/mol. The van der Waals surface area contributed by atoms with E-state index in [9.17, 15) is 0 Å². The van der Waals surface area contributed by atoms with Gasteiger partial charge in [-0.1, -0.05) is 38.1 Å². The topological polar surface area (TPSA) is 3.24 Å². The first-order chi connectivity index (χ1) is 8.10. The van der Waals surface area contributed by atoms with Gasteiger partial charge in [0.05, 0.1) is 0 Å². The van der Waals surface area contributed by atoms with E-state index in [1.165, 1.54) is 17.5 Å². The second kappa shape index (κ2) is 7.03. The van der Waals surface area contributed by atoms with Crippen molar-refractivity contribution in [1.29, 1.82) is 0 Å². The molecule has 0 aromatic heterocycles. The Morgan fingerprint density at radius 1 is 1.12 bits per heavy atom. The molecular weight excluding hydrogens is 230 g/mol. The summed E-state index contributed by atoms with van der Waals surface area (Å²) < 4.78 is 0. The molecule has 0 N–H and O–H groups in total. The molecule has 0 saturated heterocycles. The van der Waals surface area contributed by atoms with Crippen molar-refractivity contribution in [3.63, 3.8) is 0 Å². The van der Waals surface area contributed by atoms with Gasteiger partial charge in [-0.2, -0.15) is 0 Å². The van der Waals surface area contributed by atoms with Crippen molar-refractivity contribution < 1.29 is 0 Å². The predicted octanol–water partition coefficient (Wildman–Crippen LogP) is 4.43. The molecule has 0 aliphatic rings. The third-order valence-electron chi connectivity index (χ3n) is 3.51. The first kappa shape index (κ1) is 14.5. The first-order valence-corrected chi connectivity index (χ1v) is 6.95. The number of hydrogen-bond donors (Lipinski definition) is 0. The van der Waals surface area contributed by atoms with Crippen molar-refractivity contribution in [3.05, 3.63) is 35.4 Å². The van der Waals surface area contributed by atoms with Crippen molar-refractivity contribution in [2.45, 2.75) is 38.6 Å². The van der Waals surface area contributed by atoms with Crippen LogP contribution in [0.25, 0.3) is 0 Å². The van der Waals surface area contributed by atoms with Gasteiger partial charge in [0.15, 0.2) is 0 Å². The monoisotopic (exact) mass is 253 g/mol. The van der Waals surface area contributed by atoms with Crippen LogP contribution in [0.15, 0.2) is 24.3 Å². The summed E-state index contributed by atoms with van der Waals surface area (Å²) in [6.45, 7) is 4.51. The van der Waals surface area contributed by atoms with E-state index in [4.69, 9.17) is 11.6 Å². The molecule has 17 heavy (non-hydrogen) atoms. The Morgan fingerprint density at radius 2 is 1.65 bits per heavy atom. The van der Waals surface area contributed by atoms with Gasteiger partial charge in [-0.15, -0.1) is 11.6 Å². The van der Waals surface area contributed by atoms with E-state index in [0.717, 1.165) is 6.42 Å².